The van der Waals surface area contributed by atoms with Crippen molar-refractivity contribution in [2.45, 2.75) is 13.8 Å². The first-order valence-electron chi connectivity index (χ1n) is 10.4. The molecule has 0 N–H and O–H groups in total. The van der Waals surface area contributed by atoms with Crippen LogP contribution in [0.5, 0.6) is 0 Å². The van der Waals surface area contributed by atoms with Gasteiger partial charge in [-0.3, -0.25) is 0 Å². The average Bonchev–Trinajstić information content (AvgIpc) is 2.79. The molecule has 0 radical (unpaired) electrons. The van der Waals surface area contributed by atoms with Gasteiger partial charge in [0.2, 0.25) is 0 Å². The van der Waals surface area contributed by atoms with E-state index in [-0.39, 0.29) is 0 Å². The first kappa shape index (κ1) is 18.6. The van der Waals surface area contributed by atoms with E-state index in [1.165, 1.54) is 10.9 Å². The number of benzene rings is 2. The molecule has 1 fully saturated rings. The van der Waals surface area contributed by atoms with Crippen molar-refractivity contribution in [1.29, 1.82) is 0 Å². The Bertz CT molecular complexity index is 1180. The Morgan fingerprint density at radius 2 is 1.30 bits per heavy atom. The predicted molar refractivity (Wildman–Crippen MR) is 123 cm³/mol. The number of rotatable bonds is 3. The number of aromatic nitrogens is 3. The first-order chi connectivity index (χ1) is 14.7. The summed E-state index contributed by atoms with van der Waals surface area (Å²) in [5, 5.41) is 1.23. The standard InChI is InChI=1S/C25H25N5/c1-18-16-24(28-22-11-7-6-10-21(18)22)29-12-14-30(15-13-29)25-17-23(26-19(2)27-25)20-8-4-3-5-9-20/h3-11,16-17H,12-15H2,1-2H3. The summed E-state index contributed by atoms with van der Waals surface area (Å²) in [4.78, 5) is 19.0. The van der Waals surface area contributed by atoms with Gasteiger partial charge < -0.3 is 9.80 Å². The fourth-order valence-electron chi connectivity index (χ4n) is 4.13. The highest BCUT2D eigenvalue weighted by molar-refractivity contribution is 5.83. The SMILES string of the molecule is Cc1nc(-c2ccccc2)cc(N2CCN(c3cc(C)c4ccccc4n3)CC2)n1. The molecule has 0 amide bonds. The molecule has 5 nitrogen and oxygen atoms in total. The minimum atomic E-state index is 0.806. The minimum Gasteiger partial charge on any atom is -0.353 e. The molecule has 1 saturated heterocycles. The second kappa shape index (κ2) is 7.75. The molecular weight excluding hydrogens is 370 g/mol. The van der Waals surface area contributed by atoms with Gasteiger partial charge in [0.1, 0.15) is 17.5 Å². The maximum absolute atomic E-state index is 4.91. The molecule has 0 unspecified atom stereocenters. The molecule has 3 heterocycles. The van der Waals surface area contributed by atoms with Crippen LogP contribution in [0.15, 0.2) is 66.7 Å². The summed E-state index contributed by atoms with van der Waals surface area (Å²) < 4.78 is 0. The van der Waals surface area contributed by atoms with Crippen LogP contribution in [0, 0.1) is 13.8 Å². The van der Waals surface area contributed by atoms with Gasteiger partial charge in [0, 0.05) is 43.2 Å². The lowest BCUT2D eigenvalue weighted by atomic mass is 10.1. The summed E-state index contributed by atoms with van der Waals surface area (Å²) in [6.45, 7) is 7.81. The highest BCUT2D eigenvalue weighted by atomic mass is 15.3. The molecule has 5 heteroatoms. The fourth-order valence-corrected chi connectivity index (χ4v) is 4.13. The topological polar surface area (TPSA) is 45.2 Å². The van der Waals surface area contributed by atoms with Gasteiger partial charge in [0.05, 0.1) is 11.2 Å². The Morgan fingerprint density at radius 1 is 0.667 bits per heavy atom. The van der Waals surface area contributed by atoms with Gasteiger partial charge in [-0.1, -0.05) is 48.5 Å². The van der Waals surface area contributed by atoms with Crippen LogP contribution in [0.4, 0.5) is 11.6 Å². The maximum Gasteiger partial charge on any atom is 0.132 e. The smallest absolute Gasteiger partial charge is 0.132 e. The van der Waals surface area contributed by atoms with Crippen molar-refractivity contribution < 1.29 is 0 Å². The van der Waals surface area contributed by atoms with Crippen molar-refractivity contribution in [3.63, 3.8) is 0 Å². The molecule has 2 aromatic carbocycles. The number of anilines is 2. The maximum atomic E-state index is 4.91. The van der Waals surface area contributed by atoms with Crippen molar-refractivity contribution in [3.05, 3.63) is 78.1 Å². The molecule has 2 aromatic heterocycles. The zero-order valence-corrected chi connectivity index (χ0v) is 17.4. The van der Waals surface area contributed by atoms with Crippen molar-refractivity contribution in [3.8, 4) is 11.3 Å². The normalized spacial score (nSPS) is 14.3. The lowest BCUT2D eigenvalue weighted by Gasteiger charge is -2.36. The van der Waals surface area contributed by atoms with Gasteiger partial charge in [0.25, 0.3) is 0 Å². The number of para-hydroxylation sites is 1. The van der Waals surface area contributed by atoms with Crippen molar-refractivity contribution in [2.24, 2.45) is 0 Å². The minimum absolute atomic E-state index is 0.806. The van der Waals surface area contributed by atoms with Gasteiger partial charge in [-0.15, -0.1) is 0 Å². The molecule has 1 aliphatic rings. The Morgan fingerprint density at radius 3 is 2.03 bits per heavy atom. The summed E-state index contributed by atoms with van der Waals surface area (Å²) in [5.74, 6) is 2.87. The van der Waals surface area contributed by atoms with Gasteiger partial charge in [-0.05, 0) is 31.5 Å². The summed E-state index contributed by atoms with van der Waals surface area (Å²) in [6.07, 6.45) is 0. The molecule has 1 aliphatic heterocycles. The molecule has 5 rings (SSSR count). The van der Waals surface area contributed by atoms with E-state index in [0.717, 1.165) is 60.4 Å². The largest absolute Gasteiger partial charge is 0.353 e. The van der Waals surface area contributed by atoms with Gasteiger partial charge in [0.15, 0.2) is 0 Å². The van der Waals surface area contributed by atoms with Crippen molar-refractivity contribution in [2.75, 3.05) is 36.0 Å². The number of pyridine rings is 1. The van der Waals surface area contributed by atoms with E-state index in [1.807, 2.05) is 25.1 Å². The molecular formula is C25H25N5. The van der Waals surface area contributed by atoms with Crippen LogP contribution in [-0.2, 0) is 0 Å². The Kier molecular flexibility index (Phi) is 4.79. The second-order valence-electron chi connectivity index (χ2n) is 7.81. The summed E-state index contributed by atoms with van der Waals surface area (Å²) >= 11 is 0. The zero-order chi connectivity index (χ0) is 20.5. The monoisotopic (exact) mass is 395 g/mol. The van der Waals surface area contributed by atoms with Crippen LogP contribution < -0.4 is 9.80 Å². The van der Waals surface area contributed by atoms with Crippen LogP contribution >= 0.6 is 0 Å². The lowest BCUT2D eigenvalue weighted by molar-refractivity contribution is 0.641. The Labute approximate surface area is 177 Å². The van der Waals surface area contributed by atoms with E-state index < -0.39 is 0 Å². The van der Waals surface area contributed by atoms with Crippen molar-refractivity contribution >= 4 is 22.5 Å². The number of fused-ring (bicyclic) bond motifs is 1. The van der Waals surface area contributed by atoms with Crippen LogP contribution in [0.1, 0.15) is 11.4 Å². The van der Waals surface area contributed by atoms with Gasteiger partial charge in [-0.25, -0.2) is 15.0 Å². The molecule has 0 aliphatic carbocycles. The zero-order valence-electron chi connectivity index (χ0n) is 17.4. The average molecular weight is 396 g/mol. The van der Waals surface area contributed by atoms with E-state index in [1.54, 1.807) is 0 Å². The van der Waals surface area contributed by atoms with E-state index in [0.29, 0.717) is 0 Å². The summed E-state index contributed by atoms with van der Waals surface area (Å²) in [7, 11) is 0. The van der Waals surface area contributed by atoms with E-state index in [9.17, 15) is 0 Å². The van der Waals surface area contributed by atoms with Crippen LogP contribution in [-0.4, -0.2) is 41.1 Å². The van der Waals surface area contributed by atoms with E-state index in [4.69, 9.17) is 9.97 Å². The molecule has 0 spiro atoms. The summed E-state index contributed by atoms with van der Waals surface area (Å²) in [6, 6.07) is 23.0. The number of hydrogen-bond donors (Lipinski definition) is 0. The second-order valence-corrected chi connectivity index (χ2v) is 7.81. The quantitative estimate of drug-likeness (QED) is 0.506. The summed E-state index contributed by atoms with van der Waals surface area (Å²) in [5.41, 5.74) is 4.44. The Hall–Kier alpha value is -3.47. The lowest BCUT2D eigenvalue weighted by Crippen LogP contribution is -2.47. The molecule has 30 heavy (non-hydrogen) atoms. The highest BCUT2D eigenvalue weighted by Gasteiger charge is 2.21. The van der Waals surface area contributed by atoms with E-state index >= 15 is 0 Å². The van der Waals surface area contributed by atoms with Crippen LogP contribution in [0.2, 0.25) is 0 Å². The highest BCUT2D eigenvalue weighted by Crippen LogP contribution is 2.26. The third kappa shape index (κ3) is 3.59. The molecule has 0 atom stereocenters. The third-order valence-electron chi connectivity index (χ3n) is 5.73. The molecule has 0 saturated carbocycles. The number of nitrogens with zero attached hydrogens (tertiary/aromatic N) is 5. The van der Waals surface area contributed by atoms with Gasteiger partial charge in [-0.2, -0.15) is 0 Å². The molecule has 150 valence electrons. The van der Waals surface area contributed by atoms with E-state index in [2.05, 4.69) is 70.2 Å². The molecule has 4 aromatic rings. The Balaban J connectivity index is 1.36. The number of hydrogen-bond acceptors (Lipinski definition) is 5. The number of piperazine rings is 1. The van der Waals surface area contributed by atoms with Gasteiger partial charge >= 0.3 is 0 Å². The fraction of sp³-hybridized carbons (Fsp3) is 0.240. The molecule has 0 bridgehead atoms. The van der Waals surface area contributed by atoms with Crippen LogP contribution in [0.3, 0.4) is 0 Å². The predicted octanol–water partition coefficient (Wildman–Crippen LogP) is 4.64. The van der Waals surface area contributed by atoms with Crippen molar-refractivity contribution in [1.82, 2.24) is 15.0 Å². The number of aryl methyl sites for hydroxylation is 2. The third-order valence-corrected chi connectivity index (χ3v) is 5.73. The van der Waals surface area contributed by atoms with Crippen LogP contribution in [0.25, 0.3) is 22.2 Å². The first-order valence-corrected chi connectivity index (χ1v) is 10.4.